The monoisotopic (exact) mass is 355 g/mol. The van der Waals surface area contributed by atoms with Crippen LogP contribution in [-0.4, -0.2) is 36.9 Å². The van der Waals surface area contributed by atoms with Crippen LogP contribution in [0.4, 0.5) is 0 Å². The molecule has 0 bridgehead atoms. The highest BCUT2D eigenvalue weighted by Gasteiger charge is 2.33. The molecular weight excluding hydrogens is 314 g/mol. The van der Waals surface area contributed by atoms with Gasteiger partial charge < -0.3 is 15.2 Å². The van der Waals surface area contributed by atoms with Crippen molar-refractivity contribution in [3.8, 4) is 0 Å². The number of carbonyl (C=O) groups excluding carboxylic acids is 1. The first-order valence-electron chi connectivity index (χ1n) is 10.7. The number of esters is 1. The zero-order valence-corrected chi connectivity index (χ0v) is 16.6. The van der Waals surface area contributed by atoms with Crippen molar-refractivity contribution >= 4 is 5.97 Å². The highest BCUT2D eigenvalue weighted by Crippen LogP contribution is 2.35. The maximum Gasteiger partial charge on any atom is 0.305 e. The van der Waals surface area contributed by atoms with Crippen LogP contribution in [0.2, 0.25) is 0 Å². The van der Waals surface area contributed by atoms with Gasteiger partial charge in [-0.2, -0.15) is 0 Å². The van der Waals surface area contributed by atoms with Crippen molar-refractivity contribution in [2.24, 2.45) is 11.8 Å². The van der Waals surface area contributed by atoms with E-state index in [1.807, 2.05) is 6.92 Å². The number of hydrogen-bond acceptors (Lipinski definition) is 4. The first-order valence-corrected chi connectivity index (χ1v) is 10.7. The van der Waals surface area contributed by atoms with Crippen LogP contribution in [0.25, 0.3) is 0 Å². The van der Waals surface area contributed by atoms with Crippen molar-refractivity contribution in [3.05, 3.63) is 0 Å². The van der Waals surface area contributed by atoms with Gasteiger partial charge in [-0.1, -0.05) is 45.4 Å². The predicted octanol–water partition coefficient (Wildman–Crippen LogP) is 4.45. The highest BCUT2D eigenvalue weighted by molar-refractivity contribution is 5.69. The first kappa shape index (κ1) is 22.4. The van der Waals surface area contributed by atoms with Crippen LogP contribution < -0.4 is 5.32 Å². The van der Waals surface area contributed by atoms with E-state index in [-0.39, 0.29) is 12.1 Å². The summed E-state index contributed by atoms with van der Waals surface area (Å²) in [4.78, 5) is 11.3. The molecule has 148 valence electrons. The SMILES string of the molecule is CCCCCCNC[C@H]1CC[C@H](O)[C@@H]1CCCCCCC(=O)OCC. The summed E-state index contributed by atoms with van der Waals surface area (Å²) in [6.45, 7) is 6.76. The predicted molar refractivity (Wildman–Crippen MR) is 104 cm³/mol. The summed E-state index contributed by atoms with van der Waals surface area (Å²) in [5.41, 5.74) is 0. The lowest BCUT2D eigenvalue weighted by Gasteiger charge is -2.22. The molecule has 1 aliphatic rings. The molecule has 3 atom stereocenters. The number of ether oxygens (including phenoxy) is 1. The topological polar surface area (TPSA) is 58.6 Å². The molecule has 4 heteroatoms. The van der Waals surface area contributed by atoms with Crippen molar-refractivity contribution in [2.75, 3.05) is 19.7 Å². The Labute approximate surface area is 155 Å². The second kappa shape index (κ2) is 14.5. The molecule has 2 N–H and O–H groups in total. The third kappa shape index (κ3) is 10.2. The second-order valence-corrected chi connectivity index (χ2v) is 7.59. The van der Waals surface area contributed by atoms with Crippen LogP contribution in [0.15, 0.2) is 0 Å². The number of unbranched alkanes of at least 4 members (excludes halogenated alkanes) is 6. The Morgan fingerprint density at radius 2 is 1.80 bits per heavy atom. The third-order valence-electron chi connectivity index (χ3n) is 5.52. The van der Waals surface area contributed by atoms with Crippen molar-refractivity contribution in [2.45, 2.75) is 97.0 Å². The fourth-order valence-electron chi connectivity index (χ4n) is 4.01. The van der Waals surface area contributed by atoms with Crippen LogP contribution in [0, 0.1) is 11.8 Å². The minimum Gasteiger partial charge on any atom is -0.466 e. The van der Waals surface area contributed by atoms with E-state index in [1.54, 1.807) is 0 Å². The van der Waals surface area contributed by atoms with Crippen LogP contribution in [0.3, 0.4) is 0 Å². The fraction of sp³-hybridized carbons (Fsp3) is 0.952. The van der Waals surface area contributed by atoms with Gasteiger partial charge in [-0.15, -0.1) is 0 Å². The van der Waals surface area contributed by atoms with Gasteiger partial charge in [-0.25, -0.2) is 0 Å². The van der Waals surface area contributed by atoms with Crippen LogP contribution >= 0.6 is 0 Å². The standard InChI is InChI=1S/C21H41NO3/c1-3-5-6-11-16-22-17-18-14-15-20(23)19(18)12-9-7-8-10-13-21(24)25-4-2/h18-20,22-23H,3-17H2,1-2H3/t18-,19-,20+/m1/s1. The van der Waals surface area contributed by atoms with E-state index >= 15 is 0 Å². The number of aliphatic hydroxyl groups excluding tert-OH is 1. The largest absolute Gasteiger partial charge is 0.466 e. The molecule has 0 aliphatic heterocycles. The summed E-state index contributed by atoms with van der Waals surface area (Å²) in [5.74, 6) is 1.03. The van der Waals surface area contributed by atoms with E-state index in [0.29, 0.717) is 24.9 Å². The van der Waals surface area contributed by atoms with E-state index in [0.717, 1.165) is 58.0 Å². The lowest BCUT2D eigenvalue weighted by atomic mass is 9.89. The van der Waals surface area contributed by atoms with Gasteiger partial charge in [0.15, 0.2) is 0 Å². The minimum absolute atomic E-state index is 0.0706. The molecule has 1 saturated carbocycles. The van der Waals surface area contributed by atoms with Gasteiger partial charge in [0.25, 0.3) is 0 Å². The van der Waals surface area contributed by atoms with Gasteiger partial charge in [-0.3, -0.25) is 4.79 Å². The molecule has 1 aliphatic carbocycles. The number of hydrogen-bond donors (Lipinski definition) is 2. The Balaban J connectivity index is 2.08. The zero-order valence-electron chi connectivity index (χ0n) is 16.6. The lowest BCUT2D eigenvalue weighted by molar-refractivity contribution is -0.143. The molecule has 0 heterocycles. The van der Waals surface area contributed by atoms with Gasteiger partial charge >= 0.3 is 5.97 Å². The maximum absolute atomic E-state index is 11.3. The zero-order chi connectivity index (χ0) is 18.3. The molecule has 0 saturated heterocycles. The maximum atomic E-state index is 11.3. The van der Waals surface area contributed by atoms with Crippen molar-refractivity contribution in [3.63, 3.8) is 0 Å². The van der Waals surface area contributed by atoms with Crippen molar-refractivity contribution < 1.29 is 14.6 Å². The highest BCUT2D eigenvalue weighted by atomic mass is 16.5. The van der Waals surface area contributed by atoms with Crippen LogP contribution in [0.1, 0.15) is 90.9 Å². The van der Waals surface area contributed by atoms with E-state index in [9.17, 15) is 9.90 Å². The van der Waals surface area contributed by atoms with E-state index < -0.39 is 0 Å². The summed E-state index contributed by atoms with van der Waals surface area (Å²) in [5, 5.41) is 13.9. The minimum atomic E-state index is -0.105. The van der Waals surface area contributed by atoms with Gasteiger partial charge in [0, 0.05) is 6.42 Å². The number of carbonyl (C=O) groups is 1. The normalized spacial score (nSPS) is 23.1. The molecule has 0 radical (unpaired) electrons. The van der Waals surface area contributed by atoms with Crippen molar-refractivity contribution in [1.82, 2.24) is 5.32 Å². The van der Waals surface area contributed by atoms with Gasteiger partial charge in [0.05, 0.1) is 12.7 Å². The number of aliphatic hydroxyl groups is 1. The fourth-order valence-corrected chi connectivity index (χ4v) is 4.01. The molecular formula is C21H41NO3. The smallest absolute Gasteiger partial charge is 0.305 e. The quantitative estimate of drug-likeness (QED) is 0.337. The van der Waals surface area contributed by atoms with Gasteiger partial charge in [-0.05, 0) is 64.0 Å². The summed E-state index contributed by atoms with van der Waals surface area (Å²) >= 11 is 0. The molecule has 0 amide bonds. The van der Waals surface area contributed by atoms with Gasteiger partial charge in [0.2, 0.25) is 0 Å². The molecule has 0 unspecified atom stereocenters. The average Bonchev–Trinajstić information content (AvgIpc) is 2.94. The molecule has 1 rings (SSSR count). The Bertz CT molecular complexity index is 335. The lowest BCUT2D eigenvalue weighted by Crippen LogP contribution is -2.29. The van der Waals surface area contributed by atoms with E-state index in [2.05, 4.69) is 12.2 Å². The van der Waals surface area contributed by atoms with Crippen LogP contribution in [0.5, 0.6) is 0 Å². The Morgan fingerprint density at radius 1 is 1.04 bits per heavy atom. The molecule has 0 spiro atoms. The Kier molecular flexibility index (Phi) is 13.1. The van der Waals surface area contributed by atoms with E-state index in [1.165, 1.54) is 25.7 Å². The number of rotatable bonds is 15. The molecule has 1 fully saturated rings. The second-order valence-electron chi connectivity index (χ2n) is 7.59. The summed E-state index contributed by atoms with van der Waals surface area (Å²) in [7, 11) is 0. The Morgan fingerprint density at radius 3 is 2.56 bits per heavy atom. The first-order chi connectivity index (χ1) is 12.2. The van der Waals surface area contributed by atoms with Crippen molar-refractivity contribution in [1.29, 1.82) is 0 Å². The molecule has 0 aromatic heterocycles. The summed E-state index contributed by atoms with van der Waals surface area (Å²) < 4.78 is 4.95. The average molecular weight is 356 g/mol. The Hall–Kier alpha value is -0.610. The molecule has 25 heavy (non-hydrogen) atoms. The molecule has 4 nitrogen and oxygen atoms in total. The molecule has 0 aromatic carbocycles. The summed E-state index contributed by atoms with van der Waals surface area (Å²) in [6, 6.07) is 0. The third-order valence-corrected chi connectivity index (χ3v) is 5.52. The number of nitrogens with one attached hydrogen (secondary N) is 1. The summed E-state index contributed by atoms with van der Waals surface area (Å²) in [6.07, 6.45) is 13.2. The van der Waals surface area contributed by atoms with Crippen LogP contribution in [-0.2, 0) is 9.53 Å². The molecule has 0 aromatic rings. The van der Waals surface area contributed by atoms with E-state index in [4.69, 9.17) is 4.74 Å². The van der Waals surface area contributed by atoms with Gasteiger partial charge in [0.1, 0.15) is 0 Å².